The SMILES string of the molecule is CC1C(SC2CC(CNS(=O)O)N(Cc3cccnc3)C2)=C(C(=O)O)N2C(=O)CC12. The summed E-state index contributed by atoms with van der Waals surface area (Å²) in [6.07, 6.45) is 4.66. The van der Waals surface area contributed by atoms with Crippen LogP contribution in [0.25, 0.3) is 0 Å². The molecule has 4 heterocycles. The molecule has 0 aliphatic carbocycles. The lowest BCUT2D eigenvalue weighted by atomic mass is 9.94. The molecule has 0 saturated carbocycles. The maximum absolute atomic E-state index is 12.0. The number of amides is 1. The molecule has 5 atom stereocenters. The van der Waals surface area contributed by atoms with Gasteiger partial charge in [-0.2, -0.15) is 0 Å². The average Bonchev–Trinajstić information content (AvgIpc) is 3.17. The fraction of sp³-hybridized carbons (Fsp3) is 0.526. The molecule has 4 rings (SSSR count). The minimum atomic E-state index is -2.09. The summed E-state index contributed by atoms with van der Waals surface area (Å²) in [4.78, 5) is 32.4. The molecule has 0 radical (unpaired) electrons. The molecule has 0 bridgehead atoms. The fourth-order valence-electron chi connectivity index (χ4n) is 4.52. The zero-order valence-electron chi connectivity index (χ0n) is 16.4. The number of hydrogen-bond donors (Lipinski definition) is 3. The number of fused-ring (bicyclic) bond motifs is 1. The summed E-state index contributed by atoms with van der Waals surface area (Å²) in [7, 11) is 0. The van der Waals surface area contributed by atoms with Crippen LogP contribution in [0.2, 0.25) is 0 Å². The molecule has 9 nitrogen and oxygen atoms in total. The molecule has 1 amide bonds. The summed E-state index contributed by atoms with van der Waals surface area (Å²) in [6.45, 7) is 3.71. The van der Waals surface area contributed by atoms with Gasteiger partial charge in [0.1, 0.15) is 5.70 Å². The first-order valence-corrected chi connectivity index (χ1v) is 11.8. The van der Waals surface area contributed by atoms with E-state index in [0.29, 0.717) is 26.1 Å². The van der Waals surface area contributed by atoms with E-state index < -0.39 is 17.2 Å². The van der Waals surface area contributed by atoms with Gasteiger partial charge in [-0.1, -0.05) is 13.0 Å². The highest BCUT2D eigenvalue weighted by Crippen LogP contribution is 2.49. The van der Waals surface area contributed by atoms with E-state index >= 15 is 0 Å². The Morgan fingerprint density at radius 2 is 2.27 bits per heavy atom. The maximum Gasteiger partial charge on any atom is 0.353 e. The quantitative estimate of drug-likeness (QED) is 0.395. The third kappa shape index (κ3) is 4.17. The van der Waals surface area contributed by atoms with E-state index in [9.17, 15) is 18.9 Å². The smallest absolute Gasteiger partial charge is 0.353 e. The van der Waals surface area contributed by atoms with E-state index in [-0.39, 0.29) is 34.9 Å². The number of nitrogens with zero attached hydrogens (tertiary/aromatic N) is 3. The maximum atomic E-state index is 12.0. The van der Waals surface area contributed by atoms with E-state index in [2.05, 4.69) is 14.6 Å². The third-order valence-electron chi connectivity index (χ3n) is 5.99. The number of thioether (sulfide) groups is 1. The molecule has 1 aromatic heterocycles. The molecule has 3 aliphatic heterocycles. The lowest BCUT2D eigenvalue weighted by Crippen LogP contribution is -2.51. The summed E-state index contributed by atoms with van der Waals surface area (Å²) in [5.41, 5.74) is 1.18. The van der Waals surface area contributed by atoms with Gasteiger partial charge < -0.3 is 10.0 Å². The van der Waals surface area contributed by atoms with Gasteiger partial charge >= 0.3 is 5.97 Å². The molecule has 3 N–H and O–H groups in total. The van der Waals surface area contributed by atoms with Gasteiger partial charge in [-0.15, -0.1) is 11.8 Å². The summed E-state index contributed by atoms with van der Waals surface area (Å²) in [6, 6.07) is 3.85. The minimum Gasteiger partial charge on any atom is -0.477 e. The molecule has 11 heteroatoms. The number of carbonyl (C=O) groups is 2. The minimum absolute atomic E-state index is 0.00712. The Labute approximate surface area is 181 Å². The van der Waals surface area contributed by atoms with E-state index in [1.54, 1.807) is 24.2 Å². The van der Waals surface area contributed by atoms with Crippen molar-refractivity contribution in [1.29, 1.82) is 0 Å². The third-order valence-corrected chi connectivity index (χ3v) is 7.89. The van der Waals surface area contributed by atoms with Gasteiger partial charge in [0.2, 0.25) is 17.2 Å². The Morgan fingerprint density at radius 3 is 2.90 bits per heavy atom. The average molecular weight is 453 g/mol. The number of pyridine rings is 1. The van der Waals surface area contributed by atoms with Crippen LogP contribution in [0.1, 0.15) is 25.3 Å². The van der Waals surface area contributed by atoms with Crippen molar-refractivity contribution in [3.63, 3.8) is 0 Å². The fourth-order valence-corrected chi connectivity index (χ4v) is 6.46. The second-order valence-corrected chi connectivity index (χ2v) is 9.99. The topological polar surface area (TPSA) is 123 Å². The van der Waals surface area contributed by atoms with Gasteiger partial charge in [0.15, 0.2) is 0 Å². The summed E-state index contributed by atoms with van der Waals surface area (Å²) in [5, 5.41) is 9.83. The van der Waals surface area contributed by atoms with Crippen LogP contribution >= 0.6 is 11.8 Å². The predicted molar refractivity (Wildman–Crippen MR) is 112 cm³/mol. The molecule has 1 aromatic rings. The zero-order chi connectivity index (χ0) is 21.4. The van der Waals surface area contributed by atoms with Crippen molar-refractivity contribution in [3.05, 3.63) is 40.7 Å². The lowest BCUT2D eigenvalue weighted by Gasteiger charge is -2.37. The Bertz CT molecular complexity index is 896. The summed E-state index contributed by atoms with van der Waals surface area (Å²) in [5.74, 6) is -1.18. The molecular formula is C19H24N4O5S2. The summed E-state index contributed by atoms with van der Waals surface area (Å²) >= 11 is -0.545. The second-order valence-electron chi connectivity index (χ2n) is 7.86. The van der Waals surface area contributed by atoms with Gasteiger partial charge in [-0.05, 0) is 18.1 Å². The van der Waals surface area contributed by atoms with Crippen molar-refractivity contribution in [2.75, 3.05) is 13.1 Å². The van der Waals surface area contributed by atoms with Crippen molar-refractivity contribution in [2.45, 2.75) is 43.6 Å². The van der Waals surface area contributed by atoms with E-state index in [1.165, 1.54) is 4.90 Å². The predicted octanol–water partition coefficient (Wildman–Crippen LogP) is 1.03. The van der Waals surface area contributed by atoms with Crippen molar-refractivity contribution >= 4 is 34.9 Å². The molecule has 162 valence electrons. The van der Waals surface area contributed by atoms with E-state index in [4.69, 9.17) is 4.55 Å². The van der Waals surface area contributed by atoms with Gasteiger partial charge in [0.05, 0.1) is 6.04 Å². The number of aliphatic carboxylic acids is 1. The van der Waals surface area contributed by atoms with Gasteiger partial charge in [-0.3, -0.25) is 19.2 Å². The van der Waals surface area contributed by atoms with Crippen LogP contribution in [0.15, 0.2) is 35.1 Å². The molecule has 30 heavy (non-hydrogen) atoms. The molecule has 2 saturated heterocycles. The van der Waals surface area contributed by atoms with Gasteiger partial charge in [0.25, 0.3) is 0 Å². The van der Waals surface area contributed by atoms with Crippen LogP contribution in [-0.2, 0) is 27.4 Å². The molecule has 3 aliphatic rings. The number of β-lactam (4-membered cyclic amide) rings is 1. The highest BCUT2D eigenvalue weighted by Gasteiger charge is 2.52. The van der Waals surface area contributed by atoms with Gasteiger partial charge in [0, 0.05) is 60.6 Å². The van der Waals surface area contributed by atoms with Crippen LogP contribution in [0, 0.1) is 5.92 Å². The molecule has 2 fully saturated rings. The number of hydrogen-bond acceptors (Lipinski definition) is 6. The van der Waals surface area contributed by atoms with Crippen LogP contribution < -0.4 is 4.72 Å². The molecule has 0 aromatic carbocycles. The number of rotatable bonds is 8. The number of carboxylic acid groups (broad SMARTS) is 1. The number of likely N-dealkylation sites (tertiary alicyclic amines) is 1. The van der Waals surface area contributed by atoms with Gasteiger partial charge in [-0.25, -0.2) is 13.7 Å². The first kappa shape index (κ1) is 21.4. The number of nitrogens with one attached hydrogen (secondary N) is 1. The number of carboxylic acids is 1. The summed E-state index contributed by atoms with van der Waals surface area (Å²) < 4.78 is 22.8. The van der Waals surface area contributed by atoms with Crippen LogP contribution in [0.4, 0.5) is 0 Å². The van der Waals surface area contributed by atoms with Crippen LogP contribution in [0.5, 0.6) is 0 Å². The molecule has 5 unspecified atom stereocenters. The molecular weight excluding hydrogens is 428 g/mol. The Hall–Kier alpha value is -1.79. The Morgan fingerprint density at radius 1 is 1.47 bits per heavy atom. The lowest BCUT2D eigenvalue weighted by molar-refractivity contribution is -0.148. The van der Waals surface area contributed by atoms with Crippen molar-refractivity contribution in [2.24, 2.45) is 5.92 Å². The van der Waals surface area contributed by atoms with Crippen molar-refractivity contribution in [1.82, 2.24) is 19.5 Å². The number of carbonyl (C=O) groups excluding carboxylic acids is 1. The number of aromatic nitrogens is 1. The monoisotopic (exact) mass is 452 g/mol. The second kappa shape index (κ2) is 8.75. The van der Waals surface area contributed by atoms with E-state index in [0.717, 1.165) is 16.9 Å². The normalized spacial score (nSPS) is 29.8. The highest BCUT2D eigenvalue weighted by molar-refractivity contribution is 8.03. The van der Waals surface area contributed by atoms with Crippen LogP contribution in [0.3, 0.4) is 0 Å². The first-order chi connectivity index (χ1) is 14.3. The Balaban J connectivity index is 1.51. The molecule has 0 spiro atoms. The highest BCUT2D eigenvalue weighted by atomic mass is 32.2. The van der Waals surface area contributed by atoms with Crippen LogP contribution in [-0.4, -0.2) is 71.0 Å². The van der Waals surface area contributed by atoms with Crippen molar-refractivity contribution in [3.8, 4) is 0 Å². The largest absolute Gasteiger partial charge is 0.477 e. The first-order valence-electron chi connectivity index (χ1n) is 9.78. The van der Waals surface area contributed by atoms with E-state index in [1.807, 2.05) is 19.1 Å². The van der Waals surface area contributed by atoms with Crippen molar-refractivity contribution < 1.29 is 23.5 Å². The Kier molecular flexibility index (Phi) is 6.26. The zero-order valence-corrected chi connectivity index (χ0v) is 18.1. The standard InChI is InChI=1S/C19H24N4O5S2/c1-11-15-6-16(24)23(15)17(19(25)26)18(11)29-14-5-13(8-21-30(27)28)22(10-14)9-12-3-2-4-20-7-12/h2-4,7,11,13-15,21H,5-6,8-10H2,1H3,(H,25,26)(H,27,28).